The van der Waals surface area contributed by atoms with E-state index in [-0.39, 0.29) is 18.4 Å². The molecule has 0 unspecified atom stereocenters. The van der Waals surface area contributed by atoms with Gasteiger partial charge in [0.15, 0.2) is 18.9 Å². The first-order valence-electron chi connectivity index (χ1n) is 6.21. The van der Waals surface area contributed by atoms with Crippen LogP contribution in [0, 0.1) is 0 Å². The summed E-state index contributed by atoms with van der Waals surface area (Å²) in [6, 6.07) is 8.30. The third kappa shape index (κ3) is 3.58. The third-order valence-corrected chi connectivity index (χ3v) is 2.69. The molecule has 106 valence electrons. The summed E-state index contributed by atoms with van der Waals surface area (Å²) in [5.41, 5.74) is 0. The van der Waals surface area contributed by atoms with Crippen molar-refractivity contribution in [3.63, 3.8) is 0 Å². The van der Waals surface area contributed by atoms with E-state index in [4.69, 9.17) is 9.47 Å². The predicted octanol–water partition coefficient (Wildman–Crippen LogP) is 0.209. The number of amides is 2. The van der Waals surface area contributed by atoms with Gasteiger partial charge in [0.1, 0.15) is 5.75 Å². The molecule has 1 aromatic rings. The lowest BCUT2D eigenvalue weighted by molar-refractivity contribution is -0.149. The van der Waals surface area contributed by atoms with Gasteiger partial charge in [0.2, 0.25) is 5.91 Å². The van der Waals surface area contributed by atoms with E-state index in [0.29, 0.717) is 12.4 Å². The van der Waals surface area contributed by atoms with Gasteiger partial charge in [0.05, 0.1) is 6.61 Å². The van der Waals surface area contributed by atoms with E-state index < -0.39 is 12.3 Å². The molecule has 1 aliphatic heterocycles. The van der Waals surface area contributed by atoms with Crippen LogP contribution in [-0.2, 0) is 14.3 Å². The van der Waals surface area contributed by atoms with Gasteiger partial charge >= 0.3 is 0 Å². The van der Waals surface area contributed by atoms with Crippen molar-refractivity contribution < 1.29 is 19.1 Å². The van der Waals surface area contributed by atoms with Crippen molar-refractivity contribution in [1.29, 1.82) is 0 Å². The summed E-state index contributed by atoms with van der Waals surface area (Å²) in [6.45, 7) is 3.67. The summed E-state index contributed by atoms with van der Waals surface area (Å²) in [5, 5.41) is 5.10. The molecule has 0 aliphatic carbocycles. The molecule has 2 amide bonds. The Morgan fingerprint density at radius 2 is 2.15 bits per heavy atom. The summed E-state index contributed by atoms with van der Waals surface area (Å²) < 4.78 is 10.6. The van der Waals surface area contributed by atoms with Crippen LogP contribution in [0.2, 0.25) is 0 Å². The fourth-order valence-electron chi connectivity index (χ4n) is 1.69. The highest BCUT2D eigenvalue weighted by atomic mass is 16.5. The summed E-state index contributed by atoms with van der Waals surface area (Å²) in [6.07, 6.45) is 1.06. The molecule has 0 saturated carbocycles. The summed E-state index contributed by atoms with van der Waals surface area (Å²) in [7, 11) is 0. The first-order chi connectivity index (χ1) is 9.70. The van der Waals surface area contributed by atoms with E-state index in [1.165, 1.54) is 0 Å². The SMILES string of the molecule is C=CCO[C@H]1NC(=O)[C@H]1NC(=O)COc1ccccc1. The van der Waals surface area contributed by atoms with Crippen LogP contribution in [0.1, 0.15) is 0 Å². The van der Waals surface area contributed by atoms with Crippen LogP contribution in [0.5, 0.6) is 5.75 Å². The van der Waals surface area contributed by atoms with Crippen LogP contribution in [0.4, 0.5) is 0 Å². The average molecular weight is 276 g/mol. The molecule has 1 aliphatic rings. The lowest BCUT2D eigenvalue weighted by Gasteiger charge is -2.36. The molecule has 6 nitrogen and oxygen atoms in total. The van der Waals surface area contributed by atoms with Crippen LogP contribution in [0.25, 0.3) is 0 Å². The van der Waals surface area contributed by atoms with Gasteiger partial charge in [-0.1, -0.05) is 24.3 Å². The van der Waals surface area contributed by atoms with E-state index in [2.05, 4.69) is 17.2 Å². The average Bonchev–Trinajstić information content (AvgIpc) is 2.48. The van der Waals surface area contributed by atoms with Crippen molar-refractivity contribution in [1.82, 2.24) is 10.6 Å². The first kappa shape index (κ1) is 14.1. The minimum atomic E-state index is -0.679. The molecule has 2 rings (SSSR count). The van der Waals surface area contributed by atoms with Gasteiger partial charge in [-0.15, -0.1) is 6.58 Å². The fourth-order valence-corrected chi connectivity index (χ4v) is 1.69. The maximum Gasteiger partial charge on any atom is 0.258 e. The molecule has 1 fully saturated rings. The lowest BCUT2D eigenvalue weighted by Crippen LogP contribution is -2.70. The number of rotatable bonds is 7. The Balaban J connectivity index is 1.76. The maximum atomic E-state index is 11.7. The van der Waals surface area contributed by atoms with Crippen LogP contribution in [-0.4, -0.2) is 37.3 Å². The number of benzene rings is 1. The van der Waals surface area contributed by atoms with Crippen molar-refractivity contribution in [2.24, 2.45) is 0 Å². The number of β-lactam (4-membered cyclic amide) rings is 1. The minimum absolute atomic E-state index is 0.151. The van der Waals surface area contributed by atoms with Gasteiger partial charge in [0, 0.05) is 0 Å². The number of nitrogens with one attached hydrogen (secondary N) is 2. The molecule has 6 heteroatoms. The molecule has 2 N–H and O–H groups in total. The molecule has 2 atom stereocenters. The van der Waals surface area contributed by atoms with Gasteiger partial charge in [0.25, 0.3) is 5.91 Å². The molecule has 1 heterocycles. The van der Waals surface area contributed by atoms with E-state index in [0.717, 1.165) is 0 Å². The number of hydrogen-bond acceptors (Lipinski definition) is 4. The summed E-state index contributed by atoms with van der Waals surface area (Å²) in [5.74, 6) is -0.0480. The molecule has 0 spiro atoms. The maximum absolute atomic E-state index is 11.7. The van der Waals surface area contributed by atoms with Crippen molar-refractivity contribution in [3.05, 3.63) is 43.0 Å². The van der Waals surface area contributed by atoms with E-state index in [9.17, 15) is 9.59 Å². The highest BCUT2D eigenvalue weighted by Gasteiger charge is 2.41. The first-order valence-corrected chi connectivity index (χ1v) is 6.21. The van der Waals surface area contributed by atoms with Crippen molar-refractivity contribution >= 4 is 11.8 Å². The summed E-state index contributed by atoms with van der Waals surface area (Å²) in [4.78, 5) is 23.0. The standard InChI is InChI=1S/C14H16N2O4/c1-2-8-19-14-12(13(18)16-14)15-11(17)9-20-10-6-4-3-5-7-10/h2-7,12,14H,1,8-9H2,(H,15,17)(H,16,18)/t12-,14-/m1/s1. The molecular formula is C14H16N2O4. The van der Waals surface area contributed by atoms with E-state index in [1.54, 1.807) is 18.2 Å². The van der Waals surface area contributed by atoms with Crippen molar-refractivity contribution in [2.75, 3.05) is 13.2 Å². The van der Waals surface area contributed by atoms with Gasteiger partial charge in [-0.3, -0.25) is 9.59 Å². The van der Waals surface area contributed by atoms with Crippen LogP contribution < -0.4 is 15.4 Å². The van der Waals surface area contributed by atoms with E-state index >= 15 is 0 Å². The van der Waals surface area contributed by atoms with Crippen LogP contribution >= 0.6 is 0 Å². The number of ether oxygens (including phenoxy) is 2. The quantitative estimate of drug-likeness (QED) is 0.551. The predicted molar refractivity (Wildman–Crippen MR) is 71.9 cm³/mol. The summed E-state index contributed by atoms with van der Waals surface area (Å²) >= 11 is 0. The number of carbonyl (C=O) groups excluding carboxylic acids is 2. The van der Waals surface area contributed by atoms with Crippen LogP contribution in [0.15, 0.2) is 43.0 Å². The Bertz CT molecular complexity index is 489. The topological polar surface area (TPSA) is 76.7 Å². The second kappa shape index (κ2) is 6.72. The second-order valence-corrected chi connectivity index (χ2v) is 4.20. The third-order valence-electron chi connectivity index (χ3n) is 2.69. The van der Waals surface area contributed by atoms with Gasteiger partial charge < -0.3 is 20.1 Å². The fraction of sp³-hybridized carbons (Fsp3) is 0.286. The van der Waals surface area contributed by atoms with E-state index in [1.807, 2.05) is 18.2 Å². The zero-order valence-electron chi connectivity index (χ0n) is 10.9. The van der Waals surface area contributed by atoms with Gasteiger partial charge in [-0.05, 0) is 12.1 Å². The number of hydrogen-bond donors (Lipinski definition) is 2. The zero-order chi connectivity index (χ0) is 14.4. The molecular weight excluding hydrogens is 260 g/mol. The Morgan fingerprint density at radius 3 is 2.80 bits per heavy atom. The molecule has 0 radical (unpaired) electrons. The minimum Gasteiger partial charge on any atom is -0.484 e. The normalized spacial score (nSPS) is 20.5. The Kier molecular flexibility index (Phi) is 4.73. The lowest BCUT2D eigenvalue weighted by atomic mass is 10.1. The monoisotopic (exact) mass is 276 g/mol. The zero-order valence-corrected chi connectivity index (χ0v) is 10.9. The number of para-hydroxylation sites is 1. The van der Waals surface area contributed by atoms with Crippen LogP contribution in [0.3, 0.4) is 0 Å². The Morgan fingerprint density at radius 1 is 1.40 bits per heavy atom. The molecule has 1 aromatic carbocycles. The molecule has 1 saturated heterocycles. The smallest absolute Gasteiger partial charge is 0.258 e. The molecule has 0 bridgehead atoms. The largest absolute Gasteiger partial charge is 0.484 e. The van der Waals surface area contributed by atoms with Gasteiger partial charge in [-0.25, -0.2) is 0 Å². The van der Waals surface area contributed by atoms with Crippen molar-refractivity contribution in [3.8, 4) is 5.75 Å². The number of carbonyl (C=O) groups is 2. The highest BCUT2D eigenvalue weighted by Crippen LogP contribution is 2.09. The molecule has 0 aromatic heterocycles. The van der Waals surface area contributed by atoms with Gasteiger partial charge in [-0.2, -0.15) is 0 Å². The highest BCUT2D eigenvalue weighted by molar-refractivity contribution is 5.93. The molecule has 20 heavy (non-hydrogen) atoms. The Hall–Kier alpha value is -2.34. The van der Waals surface area contributed by atoms with Crippen molar-refractivity contribution in [2.45, 2.75) is 12.3 Å². The Labute approximate surface area is 116 Å². The second-order valence-electron chi connectivity index (χ2n) is 4.20.